The van der Waals surface area contributed by atoms with Crippen LogP contribution in [-0.2, 0) is 9.47 Å². The van der Waals surface area contributed by atoms with Gasteiger partial charge in [0.1, 0.15) is 11.9 Å². The maximum atomic E-state index is 11.6. The molecule has 0 radical (unpaired) electrons. The average molecular weight is 289 g/mol. The van der Waals surface area contributed by atoms with E-state index in [-0.39, 0.29) is 17.6 Å². The lowest BCUT2D eigenvalue weighted by Gasteiger charge is -2.63. The Bertz CT molecular complexity index is 556. The first-order chi connectivity index (χ1) is 10.2. The van der Waals surface area contributed by atoms with Crippen LogP contribution in [0.25, 0.3) is 0 Å². The summed E-state index contributed by atoms with van der Waals surface area (Å²) in [5, 5.41) is 15.2. The molecule has 0 amide bonds. The van der Waals surface area contributed by atoms with Gasteiger partial charge in [-0.2, -0.15) is 0 Å². The fraction of sp³-hybridized carbons (Fsp3) is 0.765. The minimum atomic E-state index is -0.610. The van der Waals surface area contributed by atoms with Crippen molar-refractivity contribution in [1.29, 1.82) is 0 Å². The number of piperidine rings is 1. The van der Waals surface area contributed by atoms with Crippen LogP contribution in [0.5, 0.6) is 0 Å². The summed E-state index contributed by atoms with van der Waals surface area (Å²) in [7, 11) is 1.72. The van der Waals surface area contributed by atoms with Crippen molar-refractivity contribution in [3.05, 3.63) is 23.7 Å². The molecule has 1 spiro atoms. The molecule has 0 aromatic rings. The van der Waals surface area contributed by atoms with Crippen LogP contribution in [0, 0.1) is 17.3 Å². The molecular formula is C17H23NO3. The van der Waals surface area contributed by atoms with Crippen molar-refractivity contribution < 1.29 is 14.6 Å². The molecule has 0 aromatic carbocycles. The molecule has 2 bridgehead atoms. The zero-order valence-electron chi connectivity index (χ0n) is 12.5. The van der Waals surface area contributed by atoms with Gasteiger partial charge in [-0.3, -0.25) is 0 Å². The van der Waals surface area contributed by atoms with Crippen molar-refractivity contribution in [3.63, 3.8) is 0 Å². The second-order valence-corrected chi connectivity index (χ2v) is 7.39. The summed E-state index contributed by atoms with van der Waals surface area (Å²) in [5.41, 5.74) is -0.713. The van der Waals surface area contributed by atoms with E-state index in [4.69, 9.17) is 9.47 Å². The number of aliphatic hydroxyl groups is 1. The third-order valence-electron chi connectivity index (χ3n) is 6.91. The van der Waals surface area contributed by atoms with E-state index in [1.54, 1.807) is 7.11 Å². The predicted molar refractivity (Wildman–Crippen MR) is 77.3 cm³/mol. The van der Waals surface area contributed by atoms with Gasteiger partial charge in [-0.25, -0.2) is 0 Å². The van der Waals surface area contributed by atoms with E-state index in [1.807, 2.05) is 0 Å². The number of methoxy groups -OCH3 is 1. The van der Waals surface area contributed by atoms with Gasteiger partial charge >= 0.3 is 0 Å². The predicted octanol–water partition coefficient (Wildman–Crippen LogP) is 1.71. The van der Waals surface area contributed by atoms with E-state index in [0.717, 1.165) is 50.2 Å². The molecule has 2 saturated carbocycles. The third kappa shape index (κ3) is 1.22. The van der Waals surface area contributed by atoms with Gasteiger partial charge in [0.15, 0.2) is 5.76 Å². The molecule has 5 rings (SSSR count). The van der Waals surface area contributed by atoms with Crippen LogP contribution < -0.4 is 5.32 Å². The normalized spacial score (nSPS) is 53.2. The van der Waals surface area contributed by atoms with Crippen LogP contribution in [0.15, 0.2) is 23.7 Å². The van der Waals surface area contributed by atoms with Crippen molar-refractivity contribution in [3.8, 4) is 0 Å². The van der Waals surface area contributed by atoms with Gasteiger partial charge in [0.2, 0.25) is 0 Å². The Morgan fingerprint density at radius 2 is 2.33 bits per heavy atom. The Labute approximate surface area is 125 Å². The minimum absolute atomic E-state index is 0.103. The highest BCUT2D eigenvalue weighted by molar-refractivity contribution is 5.37. The van der Waals surface area contributed by atoms with Gasteiger partial charge < -0.3 is 19.9 Å². The van der Waals surface area contributed by atoms with Crippen LogP contribution in [0.4, 0.5) is 0 Å². The van der Waals surface area contributed by atoms with Crippen molar-refractivity contribution in [2.24, 2.45) is 17.3 Å². The zero-order valence-corrected chi connectivity index (χ0v) is 12.5. The van der Waals surface area contributed by atoms with Crippen molar-refractivity contribution in [2.45, 2.75) is 49.9 Å². The molecule has 2 aliphatic heterocycles. The molecule has 2 N–H and O–H groups in total. The van der Waals surface area contributed by atoms with E-state index in [1.165, 1.54) is 0 Å². The number of hydrogen-bond donors (Lipinski definition) is 2. The zero-order chi connectivity index (χ0) is 14.2. The molecule has 3 aliphatic carbocycles. The molecule has 2 unspecified atom stereocenters. The Balaban J connectivity index is 1.74. The first kappa shape index (κ1) is 12.5. The molecule has 4 nitrogen and oxygen atoms in total. The summed E-state index contributed by atoms with van der Waals surface area (Å²) in [4.78, 5) is 0. The van der Waals surface area contributed by atoms with E-state index < -0.39 is 5.60 Å². The van der Waals surface area contributed by atoms with Gasteiger partial charge in [0.05, 0.1) is 12.7 Å². The average Bonchev–Trinajstić information content (AvgIpc) is 2.80. The summed E-state index contributed by atoms with van der Waals surface area (Å²) >= 11 is 0. The van der Waals surface area contributed by atoms with Crippen LogP contribution in [0.1, 0.15) is 32.1 Å². The van der Waals surface area contributed by atoms with E-state index in [0.29, 0.717) is 11.8 Å². The maximum absolute atomic E-state index is 11.6. The molecule has 2 saturated heterocycles. The summed E-state index contributed by atoms with van der Waals surface area (Å²) in [6, 6.07) is 0.215. The minimum Gasteiger partial charge on any atom is -0.493 e. The molecule has 4 heteroatoms. The smallest absolute Gasteiger partial charge is 0.156 e. The molecule has 6 atom stereocenters. The molecule has 2 heterocycles. The summed E-state index contributed by atoms with van der Waals surface area (Å²) in [5.74, 6) is 2.68. The highest BCUT2D eigenvalue weighted by atomic mass is 16.5. The lowest BCUT2D eigenvalue weighted by atomic mass is 9.45. The van der Waals surface area contributed by atoms with Crippen LogP contribution in [-0.4, -0.2) is 36.5 Å². The Morgan fingerprint density at radius 1 is 1.43 bits per heavy atom. The van der Waals surface area contributed by atoms with Crippen LogP contribution in [0.2, 0.25) is 0 Å². The topological polar surface area (TPSA) is 50.7 Å². The monoisotopic (exact) mass is 289 g/mol. The van der Waals surface area contributed by atoms with Gasteiger partial charge in [-0.15, -0.1) is 0 Å². The number of ether oxygens (including phenoxy) is 2. The first-order valence-corrected chi connectivity index (χ1v) is 8.29. The van der Waals surface area contributed by atoms with Crippen LogP contribution >= 0.6 is 0 Å². The molecule has 114 valence electrons. The van der Waals surface area contributed by atoms with Gasteiger partial charge in [0, 0.05) is 17.4 Å². The molecule has 5 aliphatic rings. The maximum Gasteiger partial charge on any atom is 0.156 e. The molecule has 0 aromatic heterocycles. The van der Waals surface area contributed by atoms with Gasteiger partial charge in [0.25, 0.3) is 0 Å². The number of allylic oxidation sites excluding steroid dienone is 3. The second-order valence-electron chi connectivity index (χ2n) is 7.39. The molecular weight excluding hydrogens is 266 g/mol. The fourth-order valence-electron chi connectivity index (χ4n) is 6.20. The van der Waals surface area contributed by atoms with Crippen LogP contribution in [0.3, 0.4) is 0 Å². The number of hydrogen-bond acceptors (Lipinski definition) is 4. The van der Waals surface area contributed by atoms with E-state index >= 15 is 0 Å². The first-order valence-electron chi connectivity index (χ1n) is 8.29. The Morgan fingerprint density at radius 3 is 3.19 bits per heavy atom. The highest BCUT2D eigenvalue weighted by Gasteiger charge is 2.74. The van der Waals surface area contributed by atoms with E-state index in [9.17, 15) is 5.11 Å². The van der Waals surface area contributed by atoms with Crippen molar-refractivity contribution >= 4 is 0 Å². The largest absolute Gasteiger partial charge is 0.493 e. The Hall–Kier alpha value is -1.00. The van der Waals surface area contributed by atoms with Gasteiger partial charge in [-0.05, 0) is 50.6 Å². The van der Waals surface area contributed by atoms with Crippen molar-refractivity contribution in [2.75, 3.05) is 13.7 Å². The molecule has 21 heavy (non-hydrogen) atoms. The lowest BCUT2D eigenvalue weighted by Crippen LogP contribution is -2.74. The summed E-state index contributed by atoms with van der Waals surface area (Å²) < 4.78 is 12.0. The number of nitrogens with one attached hydrogen (secondary N) is 1. The summed E-state index contributed by atoms with van der Waals surface area (Å²) in [6.07, 6.45) is 9.58. The summed E-state index contributed by atoms with van der Waals surface area (Å²) in [6.45, 7) is 0.995. The SMILES string of the molecule is COC1=C2O[C@H]3CCC[C@@]4(O)[C@H]5CC(C=C1)C2[C@@]34CCN5. The standard InChI is InChI=1S/C17H23NO3/c1-20-11-5-4-10-9-12-17(19)6-2-3-13-16(17,7-8-18-12)14(10)15(11)21-13/h4-5,10,12-14,18-19H,2-3,6-9H2,1H3/t10?,12-,13+,14?,16-,17-/m1/s1. The fourth-order valence-corrected chi connectivity index (χ4v) is 6.20. The van der Waals surface area contributed by atoms with E-state index in [2.05, 4.69) is 17.5 Å². The quantitative estimate of drug-likeness (QED) is 0.771. The van der Waals surface area contributed by atoms with Crippen molar-refractivity contribution in [1.82, 2.24) is 5.32 Å². The Kier molecular flexibility index (Phi) is 2.30. The van der Waals surface area contributed by atoms with Gasteiger partial charge in [-0.1, -0.05) is 6.08 Å². The number of rotatable bonds is 1. The highest BCUT2D eigenvalue weighted by Crippen LogP contribution is 2.68. The lowest BCUT2D eigenvalue weighted by molar-refractivity contribution is -0.219. The third-order valence-corrected chi connectivity index (χ3v) is 6.91. The molecule has 4 fully saturated rings. The second kappa shape index (κ2) is 3.85.